The molecular formula is C12H12N4. The molecule has 2 aromatic heterocycles. The third-order valence-corrected chi connectivity index (χ3v) is 2.10. The molecule has 16 heavy (non-hydrogen) atoms. The van der Waals surface area contributed by atoms with E-state index in [0.717, 1.165) is 11.1 Å². The first-order valence-electron chi connectivity index (χ1n) is 4.95. The van der Waals surface area contributed by atoms with Gasteiger partial charge in [0.05, 0.1) is 6.21 Å². The summed E-state index contributed by atoms with van der Waals surface area (Å²) in [5, 5.41) is 8.14. The van der Waals surface area contributed by atoms with E-state index in [1.54, 1.807) is 18.6 Å². The lowest BCUT2D eigenvalue weighted by molar-refractivity contribution is 0.816. The highest BCUT2D eigenvalue weighted by Gasteiger charge is 1.84. The lowest BCUT2D eigenvalue weighted by Gasteiger charge is -1.94. The van der Waals surface area contributed by atoms with Crippen LogP contribution in [0.5, 0.6) is 0 Å². The van der Waals surface area contributed by atoms with Crippen LogP contribution < -0.4 is 5.49 Å². The van der Waals surface area contributed by atoms with Gasteiger partial charge in [0.2, 0.25) is 0 Å². The molecule has 0 unspecified atom stereocenters. The second-order valence-electron chi connectivity index (χ2n) is 3.29. The van der Waals surface area contributed by atoms with E-state index in [4.69, 9.17) is 0 Å². The van der Waals surface area contributed by atoms with Gasteiger partial charge in [-0.3, -0.25) is 4.98 Å². The van der Waals surface area contributed by atoms with E-state index in [9.17, 15) is 0 Å². The zero-order valence-corrected chi connectivity index (χ0v) is 8.99. The van der Waals surface area contributed by atoms with E-state index >= 15 is 0 Å². The fourth-order valence-corrected chi connectivity index (χ4v) is 1.22. The number of aryl methyl sites for hydroxylation is 1. The molecule has 0 aliphatic heterocycles. The van der Waals surface area contributed by atoms with Gasteiger partial charge in [-0.25, -0.2) is 0 Å². The molecule has 0 radical (unpaired) electrons. The van der Waals surface area contributed by atoms with Gasteiger partial charge in [-0.05, 0) is 29.8 Å². The highest BCUT2D eigenvalue weighted by Crippen LogP contribution is 1.90. The van der Waals surface area contributed by atoms with E-state index in [0.29, 0.717) is 0 Å². The van der Waals surface area contributed by atoms with Crippen molar-refractivity contribution in [1.82, 2.24) is 9.55 Å². The summed E-state index contributed by atoms with van der Waals surface area (Å²) < 4.78 is 1.91. The second kappa shape index (κ2) is 5.02. The van der Waals surface area contributed by atoms with E-state index < -0.39 is 0 Å². The first kappa shape index (κ1) is 10.3. The van der Waals surface area contributed by atoms with Gasteiger partial charge in [0, 0.05) is 25.6 Å². The third kappa shape index (κ3) is 2.63. The minimum atomic E-state index is 0.813. The Bertz CT molecular complexity index is 540. The summed E-state index contributed by atoms with van der Waals surface area (Å²) in [4.78, 5) is 3.93. The number of aromatic nitrogens is 2. The number of rotatable bonds is 2. The van der Waals surface area contributed by atoms with Crippen molar-refractivity contribution in [3.63, 3.8) is 0 Å². The summed E-state index contributed by atoms with van der Waals surface area (Å²) in [5.41, 5.74) is 1.80. The lowest BCUT2D eigenvalue weighted by Crippen LogP contribution is -2.14. The Labute approximate surface area is 93.6 Å². The zero-order valence-electron chi connectivity index (χ0n) is 8.99. The molecule has 0 N–H and O–H groups in total. The summed E-state index contributed by atoms with van der Waals surface area (Å²) in [5.74, 6) is 0. The molecule has 0 amide bonds. The summed E-state index contributed by atoms with van der Waals surface area (Å²) >= 11 is 0. The third-order valence-electron chi connectivity index (χ3n) is 2.10. The smallest absolute Gasteiger partial charge is 0.154 e. The quantitative estimate of drug-likeness (QED) is 0.547. The Morgan fingerprint density at radius 2 is 2.00 bits per heavy atom. The number of nitrogens with zero attached hydrogens (tertiary/aromatic N) is 4. The van der Waals surface area contributed by atoms with Gasteiger partial charge in [0.1, 0.15) is 0 Å². The van der Waals surface area contributed by atoms with Crippen molar-refractivity contribution in [3.05, 3.63) is 60.0 Å². The minimum Gasteiger partial charge on any atom is -0.335 e. The van der Waals surface area contributed by atoms with Crippen LogP contribution in [0.15, 0.2) is 59.1 Å². The van der Waals surface area contributed by atoms with Crippen LogP contribution in [-0.2, 0) is 7.05 Å². The van der Waals surface area contributed by atoms with E-state index in [1.165, 1.54) is 0 Å². The maximum Gasteiger partial charge on any atom is 0.154 e. The molecule has 0 saturated carbocycles. The first-order chi connectivity index (χ1) is 7.86. The van der Waals surface area contributed by atoms with Gasteiger partial charge < -0.3 is 4.57 Å². The van der Waals surface area contributed by atoms with E-state index in [-0.39, 0.29) is 0 Å². The molecular weight excluding hydrogens is 200 g/mol. The normalized spacial score (nSPS) is 12.2. The maximum atomic E-state index is 4.11. The average molecular weight is 212 g/mol. The van der Waals surface area contributed by atoms with Gasteiger partial charge in [0.15, 0.2) is 5.49 Å². The maximum absolute atomic E-state index is 4.11. The zero-order chi connectivity index (χ0) is 11.2. The van der Waals surface area contributed by atoms with E-state index in [2.05, 4.69) is 15.2 Å². The molecule has 2 rings (SSSR count). The SMILES string of the molecule is Cn1cccc/c1=N\N=C\c1ccncc1. The number of pyridine rings is 2. The lowest BCUT2D eigenvalue weighted by atomic mass is 10.3. The Morgan fingerprint density at radius 3 is 2.75 bits per heavy atom. The molecule has 2 heterocycles. The molecule has 0 fully saturated rings. The summed E-state index contributed by atoms with van der Waals surface area (Å²) in [6, 6.07) is 9.55. The Hall–Kier alpha value is -2.23. The predicted molar refractivity (Wildman–Crippen MR) is 62.8 cm³/mol. The van der Waals surface area contributed by atoms with Crippen molar-refractivity contribution in [3.8, 4) is 0 Å². The molecule has 0 aliphatic rings. The Kier molecular flexibility index (Phi) is 3.23. The highest BCUT2D eigenvalue weighted by molar-refractivity contribution is 5.78. The second-order valence-corrected chi connectivity index (χ2v) is 3.29. The van der Waals surface area contributed by atoms with Crippen LogP contribution in [0.25, 0.3) is 0 Å². The van der Waals surface area contributed by atoms with Crippen LogP contribution in [-0.4, -0.2) is 15.8 Å². The Balaban J connectivity index is 2.22. The summed E-state index contributed by atoms with van der Waals surface area (Å²) in [6.07, 6.45) is 7.09. The molecule has 0 atom stereocenters. The summed E-state index contributed by atoms with van der Waals surface area (Å²) in [6.45, 7) is 0. The number of hydrogen-bond donors (Lipinski definition) is 0. The molecule has 0 aliphatic carbocycles. The largest absolute Gasteiger partial charge is 0.335 e. The molecule has 80 valence electrons. The van der Waals surface area contributed by atoms with Gasteiger partial charge >= 0.3 is 0 Å². The Morgan fingerprint density at radius 1 is 1.19 bits per heavy atom. The van der Waals surface area contributed by atoms with Gasteiger partial charge in [-0.1, -0.05) is 6.07 Å². The van der Waals surface area contributed by atoms with Gasteiger partial charge in [0.25, 0.3) is 0 Å². The average Bonchev–Trinajstić information content (AvgIpc) is 2.33. The van der Waals surface area contributed by atoms with Crippen molar-refractivity contribution in [2.45, 2.75) is 0 Å². The van der Waals surface area contributed by atoms with Crippen LogP contribution in [0.3, 0.4) is 0 Å². The predicted octanol–water partition coefficient (Wildman–Crippen LogP) is 1.35. The molecule has 0 spiro atoms. The van der Waals surface area contributed by atoms with Crippen molar-refractivity contribution in [2.24, 2.45) is 17.3 Å². The topological polar surface area (TPSA) is 42.5 Å². The monoisotopic (exact) mass is 212 g/mol. The van der Waals surface area contributed by atoms with Crippen LogP contribution in [0, 0.1) is 0 Å². The molecule has 4 nitrogen and oxygen atoms in total. The molecule has 0 aromatic carbocycles. The van der Waals surface area contributed by atoms with E-state index in [1.807, 2.05) is 48.1 Å². The van der Waals surface area contributed by atoms with Crippen molar-refractivity contribution in [1.29, 1.82) is 0 Å². The highest BCUT2D eigenvalue weighted by atomic mass is 15.2. The van der Waals surface area contributed by atoms with Gasteiger partial charge in [-0.15, -0.1) is 5.10 Å². The first-order valence-corrected chi connectivity index (χ1v) is 4.95. The minimum absolute atomic E-state index is 0.813. The summed E-state index contributed by atoms with van der Waals surface area (Å²) in [7, 11) is 1.93. The van der Waals surface area contributed by atoms with Crippen molar-refractivity contribution >= 4 is 6.21 Å². The van der Waals surface area contributed by atoms with Crippen LogP contribution >= 0.6 is 0 Å². The van der Waals surface area contributed by atoms with Crippen molar-refractivity contribution < 1.29 is 0 Å². The molecule has 0 saturated heterocycles. The van der Waals surface area contributed by atoms with Gasteiger partial charge in [-0.2, -0.15) is 5.10 Å². The molecule has 0 bridgehead atoms. The standard InChI is InChI=1S/C12H12N4/c1-16-9-3-2-4-12(16)15-14-10-11-5-7-13-8-6-11/h2-10H,1H3/b14-10+,15-12+. The van der Waals surface area contributed by atoms with Crippen molar-refractivity contribution in [2.75, 3.05) is 0 Å². The molecule has 2 aromatic rings. The van der Waals surface area contributed by atoms with Crippen LogP contribution in [0.1, 0.15) is 5.56 Å². The van der Waals surface area contributed by atoms with Crippen LogP contribution in [0.4, 0.5) is 0 Å². The fraction of sp³-hybridized carbons (Fsp3) is 0.0833. The fourth-order valence-electron chi connectivity index (χ4n) is 1.22. The molecule has 4 heteroatoms. The van der Waals surface area contributed by atoms with Crippen LogP contribution in [0.2, 0.25) is 0 Å². The number of hydrogen-bond acceptors (Lipinski definition) is 3.